The lowest BCUT2D eigenvalue weighted by molar-refractivity contribution is -0.122. The van der Waals surface area contributed by atoms with E-state index in [1.54, 1.807) is 24.3 Å². The van der Waals surface area contributed by atoms with Crippen LogP contribution in [0.25, 0.3) is 0 Å². The Balaban J connectivity index is 1.96. The molecule has 0 aliphatic heterocycles. The summed E-state index contributed by atoms with van der Waals surface area (Å²) in [4.78, 5) is 14.3. The summed E-state index contributed by atoms with van der Waals surface area (Å²) in [6.45, 7) is 1.87. The van der Waals surface area contributed by atoms with Gasteiger partial charge in [0.2, 0.25) is 5.91 Å². The smallest absolute Gasteiger partial charge is 0.241 e. The minimum atomic E-state index is -0.337. The van der Waals surface area contributed by atoms with Gasteiger partial charge in [-0.2, -0.15) is 0 Å². The Morgan fingerprint density at radius 3 is 2.57 bits per heavy atom. The van der Waals surface area contributed by atoms with Gasteiger partial charge in [0.05, 0.1) is 12.1 Å². The van der Waals surface area contributed by atoms with Crippen molar-refractivity contribution >= 4 is 17.3 Å². The largest absolute Gasteiger partial charge is 0.399 e. The average molecular weight is 291 g/mol. The number of nitrogens with zero attached hydrogens (tertiary/aromatic N) is 1. The van der Waals surface area contributed by atoms with Crippen LogP contribution in [0, 0.1) is 0 Å². The van der Waals surface area contributed by atoms with Crippen molar-refractivity contribution < 1.29 is 9.90 Å². The van der Waals surface area contributed by atoms with Crippen molar-refractivity contribution in [3.05, 3.63) is 24.3 Å². The molecule has 1 aliphatic rings. The summed E-state index contributed by atoms with van der Waals surface area (Å²) in [6, 6.07) is 6.86. The van der Waals surface area contributed by atoms with Gasteiger partial charge in [0.1, 0.15) is 0 Å². The fraction of sp³-hybridized carbons (Fsp3) is 0.562. The maximum Gasteiger partial charge on any atom is 0.241 e. The summed E-state index contributed by atoms with van der Waals surface area (Å²) in [5.41, 5.74) is 7.03. The molecule has 0 radical (unpaired) electrons. The van der Waals surface area contributed by atoms with Crippen molar-refractivity contribution in [2.24, 2.45) is 0 Å². The minimum Gasteiger partial charge on any atom is -0.399 e. The van der Waals surface area contributed by atoms with Crippen LogP contribution < -0.4 is 11.1 Å². The molecule has 0 aromatic heterocycles. The highest BCUT2D eigenvalue weighted by Crippen LogP contribution is 2.24. The minimum absolute atomic E-state index is 0.0610. The number of carbonyl (C=O) groups is 1. The number of hydrogen-bond donors (Lipinski definition) is 3. The standard InChI is InChI=1S/C16H25N3O2/c1-11(19(2)14-5-3-4-6-15(14)20)16(21)18-13-9-7-12(17)8-10-13/h7-11,14-15,20H,3-6,17H2,1-2H3,(H,18,21). The third-order valence-corrected chi connectivity index (χ3v) is 4.39. The Morgan fingerprint density at radius 2 is 1.95 bits per heavy atom. The maximum absolute atomic E-state index is 12.3. The summed E-state index contributed by atoms with van der Waals surface area (Å²) in [5, 5.41) is 13.0. The Kier molecular flexibility index (Phi) is 5.20. The number of aliphatic hydroxyl groups is 1. The molecule has 116 valence electrons. The Bertz CT molecular complexity index is 475. The molecule has 0 heterocycles. The van der Waals surface area contributed by atoms with Crippen LogP contribution in [0.4, 0.5) is 11.4 Å². The predicted molar refractivity (Wildman–Crippen MR) is 85.0 cm³/mol. The molecule has 1 saturated carbocycles. The number of amides is 1. The maximum atomic E-state index is 12.3. The quantitative estimate of drug-likeness (QED) is 0.740. The molecule has 4 N–H and O–H groups in total. The van der Waals surface area contributed by atoms with Crippen LogP contribution in [0.15, 0.2) is 24.3 Å². The lowest BCUT2D eigenvalue weighted by atomic mass is 9.91. The number of anilines is 2. The number of nitrogens with one attached hydrogen (secondary N) is 1. The third kappa shape index (κ3) is 3.95. The Hall–Kier alpha value is -1.59. The van der Waals surface area contributed by atoms with E-state index in [1.165, 1.54) is 0 Å². The van der Waals surface area contributed by atoms with Gasteiger partial charge >= 0.3 is 0 Å². The van der Waals surface area contributed by atoms with Gasteiger partial charge in [-0.3, -0.25) is 9.69 Å². The van der Waals surface area contributed by atoms with Crippen LogP contribution in [0.2, 0.25) is 0 Å². The van der Waals surface area contributed by atoms with E-state index in [1.807, 2.05) is 18.9 Å². The van der Waals surface area contributed by atoms with E-state index >= 15 is 0 Å². The van der Waals surface area contributed by atoms with Gasteiger partial charge in [-0.25, -0.2) is 0 Å². The molecule has 1 fully saturated rings. The first-order valence-electron chi connectivity index (χ1n) is 7.55. The highest BCUT2D eigenvalue weighted by atomic mass is 16.3. The van der Waals surface area contributed by atoms with E-state index in [0.717, 1.165) is 31.4 Å². The van der Waals surface area contributed by atoms with Crippen LogP contribution in [0.3, 0.4) is 0 Å². The number of hydrogen-bond acceptors (Lipinski definition) is 4. The van der Waals surface area contributed by atoms with Crippen LogP contribution >= 0.6 is 0 Å². The molecular formula is C16H25N3O2. The van der Waals surface area contributed by atoms with E-state index in [-0.39, 0.29) is 24.1 Å². The normalized spacial score (nSPS) is 23.8. The Morgan fingerprint density at radius 1 is 1.33 bits per heavy atom. The molecule has 2 rings (SSSR count). The highest BCUT2D eigenvalue weighted by Gasteiger charge is 2.31. The SMILES string of the molecule is CC(C(=O)Nc1ccc(N)cc1)N(C)C1CCCCC1O. The van der Waals surface area contributed by atoms with Gasteiger partial charge in [-0.05, 0) is 51.1 Å². The first-order valence-corrected chi connectivity index (χ1v) is 7.55. The van der Waals surface area contributed by atoms with Gasteiger partial charge in [0.25, 0.3) is 0 Å². The lowest BCUT2D eigenvalue weighted by Gasteiger charge is -2.38. The molecule has 1 aromatic carbocycles. The third-order valence-electron chi connectivity index (χ3n) is 4.39. The van der Waals surface area contributed by atoms with Crippen molar-refractivity contribution in [2.45, 2.75) is 50.8 Å². The summed E-state index contributed by atoms with van der Waals surface area (Å²) in [7, 11) is 1.91. The number of nitrogen functional groups attached to an aromatic ring is 1. The molecule has 5 heteroatoms. The molecule has 21 heavy (non-hydrogen) atoms. The fourth-order valence-corrected chi connectivity index (χ4v) is 2.85. The number of benzene rings is 1. The monoisotopic (exact) mass is 291 g/mol. The van der Waals surface area contributed by atoms with E-state index in [0.29, 0.717) is 5.69 Å². The zero-order valence-corrected chi connectivity index (χ0v) is 12.7. The molecular weight excluding hydrogens is 266 g/mol. The zero-order chi connectivity index (χ0) is 15.4. The Labute approximate surface area is 126 Å². The molecule has 1 aromatic rings. The topological polar surface area (TPSA) is 78.6 Å². The van der Waals surface area contributed by atoms with Gasteiger partial charge in [0.15, 0.2) is 0 Å². The number of rotatable bonds is 4. The van der Waals surface area contributed by atoms with Gasteiger partial charge in [-0.15, -0.1) is 0 Å². The van der Waals surface area contributed by atoms with Crippen molar-refractivity contribution in [3.8, 4) is 0 Å². The molecule has 0 saturated heterocycles. The number of carbonyl (C=O) groups excluding carboxylic acids is 1. The van der Waals surface area contributed by atoms with Crippen molar-refractivity contribution in [1.29, 1.82) is 0 Å². The average Bonchev–Trinajstić information content (AvgIpc) is 2.48. The van der Waals surface area contributed by atoms with Gasteiger partial charge in [0, 0.05) is 17.4 Å². The molecule has 3 atom stereocenters. The number of aliphatic hydroxyl groups excluding tert-OH is 1. The number of nitrogens with two attached hydrogens (primary N) is 1. The summed E-state index contributed by atoms with van der Waals surface area (Å²) in [5.74, 6) is -0.0694. The predicted octanol–water partition coefficient (Wildman–Crippen LogP) is 1.83. The second-order valence-corrected chi connectivity index (χ2v) is 5.87. The van der Waals surface area contributed by atoms with Crippen molar-refractivity contribution in [2.75, 3.05) is 18.1 Å². The highest BCUT2D eigenvalue weighted by molar-refractivity contribution is 5.94. The van der Waals surface area contributed by atoms with Crippen molar-refractivity contribution in [3.63, 3.8) is 0 Å². The van der Waals surface area contributed by atoms with Crippen LogP contribution in [0.1, 0.15) is 32.6 Å². The summed E-state index contributed by atoms with van der Waals surface area (Å²) in [6.07, 6.45) is 3.60. The lowest BCUT2D eigenvalue weighted by Crippen LogP contribution is -2.51. The van der Waals surface area contributed by atoms with Crippen LogP contribution in [-0.4, -0.2) is 41.1 Å². The van der Waals surface area contributed by atoms with E-state index in [4.69, 9.17) is 5.73 Å². The fourth-order valence-electron chi connectivity index (χ4n) is 2.85. The van der Waals surface area contributed by atoms with Crippen LogP contribution in [-0.2, 0) is 4.79 Å². The van der Waals surface area contributed by atoms with Crippen LogP contribution in [0.5, 0.6) is 0 Å². The van der Waals surface area contributed by atoms with E-state index < -0.39 is 0 Å². The van der Waals surface area contributed by atoms with Crippen molar-refractivity contribution in [1.82, 2.24) is 4.90 Å². The molecule has 0 bridgehead atoms. The molecule has 1 amide bonds. The summed E-state index contributed by atoms with van der Waals surface area (Å²) >= 11 is 0. The first-order chi connectivity index (χ1) is 9.99. The second kappa shape index (κ2) is 6.91. The van der Waals surface area contributed by atoms with E-state index in [9.17, 15) is 9.90 Å². The zero-order valence-electron chi connectivity index (χ0n) is 12.7. The molecule has 1 aliphatic carbocycles. The molecule has 3 unspecified atom stereocenters. The van der Waals surface area contributed by atoms with Gasteiger partial charge < -0.3 is 16.2 Å². The van der Waals surface area contributed by atoms with Gasteiger partial charge in [-0.1, -0.05) is 12.8 Å². The van der Waals surface area contributed by atoms with E-state index in [2.05, 4.69) is 5.32 Å². The second-order valence-electron chi connectivity index (χ2n) is 5.87. The first kappa shape index (κ1) is 15.8. The molecule has 5 nitrogen and oxygen atoms in total. The summed E-state index contributed by atoms with van der Waals surface area (Å²) < 4.78 is 0. The molecule has 0 spiro atoms. The number of likely N-dealkylation sites (N-methyl/N-ethyl adjacent to an activating group) is 1.